The second-order valence-corrected chi connectivity index (χ2v) is 17.0. The molecule has 3 nitrogen and oxygen atoms in total. The van der Waals surface area contributed by atoms with E-state index in [4.69, 9.17) is 0 Å². The number of benzene rings is 2. The zero-order chi connectivity index (χ0) is 30.0. The smallest absolute Gasteiger partial charge is 0.124 e. The first-order chi connectivity index (χ1) is 18.2. The molecule has 2 aromatic carbocycles. The third kappa shape index (κ3) is 6.10. The number of hydrogen-bond donors (Lipinski definition) is 3. The number of hydrogen-bond acceptors (Lipinski definition) is 3. The third-order valence-corrected chi connectivity index (χ3v) is 9.65. The van der Waals surface area contributed by atoms with Gasteiger partial charge in [0, 0.05) is 23.6 Å². The van der Waals surface area contributed by atoms with E-state index in [9.17, 15) is 10.2 Å². The van der Waals surface area contributed by atoms with Crippen molar-refractivity contribution in [3.8, 4) is 11.5 Å². The second-order valence-electron chi connectivity index (χ2n) is 17.0. The van der Waals surface area contributed by atoms with Crippen LogP contribution in [0.3, 0.4) is 0 Å². The summed E-state index contributed by atoms with van der Waals surface area (Å²) < 4.78 is 0. The first-order valence-electron chi connectivity index (χ1n) is 15.7. The summed E-state index contributed by atoms with van der Waals surface area (Å²) in [6, 6.07) is 9.39. The number of phenolic OH excluding ortho intramolecular Hbond substituents is 2. The topological polar surface area (TPSA) is 52.5 Å². The molecule has 1 saturated heterocycles. The van der Waals surface area contributed by atoms with Crippen molar-refractivity contribution in [1.82, 2.24) is 5.32 Å². The minimum Gasteiger partial charge on any atom is -0.507 e. The predicted molar refractivity (Wildman–Crippen MR) is 170 cm³/mol. The van der Waals surface area contributed by atoms with Crippen molar-refractivity contribution < 1.29 is 10.2 Å². The maximum Gasteiger partial charge on any atom is 0.124 e. The standard InChI is InChI=1S/C37H57NO2/c1-34(2,3)23-18-26(32(39)28(20-23)36(7,8)9)25-15-13-14-22-16-17-30(38-31(22)25)27-19-24(35(4,5)6)21-29(33(27)40)37(10,11)12/h18-22,25,30-31,38-40H,13-17H2,1-12H3. The maximum absolute atomic E-state index is 11.8. The molecular formula is C37H57NO2. The van der Waals surface area contributed by atoms with Crippen molar-refractivity contribution in [2.45, 2.75) is 155 Å². The Morgan fingerprint density at radius 2 is 1.05 bits per heavy atom. The van der Waals surface area contributed by atoms with E-state index < -0.39 is 0 Å². The van der Waals surface area contributed by atoms with Gasteiger partial charge >= 0.3 is 0 Å². The van der Waals surface area contributed by atoms with Gasteiger partial charge in [0.05, 0.1) is 0 Å². The van der Waals surface area contributed by atoms with Crippen LogP contribution in [0.1, 0.15) is 161 Å². The van der Waals surface area contributed by atoms with Gasteiger partial charge in [-0.1, -0.05) is 108 Å². The molecule has 3 heteroatoms. The summed E-state index contributed by atoms with van der Waals surface area (Å²) in [5, 5.41) is 27.5. The van der Waals surface area contributed by atoms with Crippen molar-refractivity contribution in [2.75, 3.05) is 0 Å². The molecule has 0 aromatic heterocycles. The lowest BCUT2D eigenvalue weighted by molar-refractivity contribution is 0.152. The lowest BCUT2D eigenvalue weighted by Crippen LogP contribution is -2.49. The van der Waals surface area contributed by atoms with Crippen LogP contribution in [-0.2, 0) is 21.7 Å². The molecule has 2 aliphatic rings. The van der Waals surface area contributed by atoms with E-state index in [0.717, 1.165) is 41.5 Å². The SMILES string of the molecule is CC(C)(C)c1cc(C2CCC3CCCC(c4cc(C(C)(C)C)cc(C(C)(C)C)c4O)C3N2)c(O)c(C(C)(C)C)c1. The van der Waals surface area contributed by atoms with E-state index in [0.29, 0.717) is 17.4 Å². The summed E-state index contributed by atoms with van der Waals surface area (Å²) in [7, 11) is 0. The highest BCUT2D eigenvalue weighted by molar-refractivity contribution is 5.52. The molecule has 0 amide bonds. The first-order valence-corrected chi connectivity index (χ1v) is 15.7. The zero-order valence-electron chi connectivity index (χ0n) is 27.5. The number of aromatic hydroxyl groups is 2. The number of fused-ring (bicyclic) bond motifs is 1. The Morgan fingerprint density at radius 3 is 1.52 bits per heavy atom. The van der Waals surface area contributed by atoms with Crippen LogP contribution in [0.15, 0.2) is 24.3 Å². The van der Waals surface area contributed by atoms with Gasteiger partial charge in [0.15, 0.2) is 0 Å². The van der Waals surface area contributed by atoms with Crippen LogP contribution in [0.2, 0.25) is 0 Å². The molecule has 4 atom stereocenters. The number of nitrogens with one attached hydrogen (secondary N) is 1. The Bertz CT molecular complexity index is 1230. The molecule has 0 radical (unpaired) electrons. The molecule has 40 heavy (non-hydrogen) atoms. The number of piperidine rings is 1. The summed E-state index contributed by atoms with van der Waals surface area (Å²) in [6.45, 7) is 26.8. The molecule has 3 N–H and O–H groups in total. The molecule has 2 aromatic rings. The van der Waals surface area contributed by atoms with E-state index in [2.05, 4.69) is 113 Å². The van der Waals surface area contributed by atoms with Crippen LogP contribution in [0.4, 0.5) is 0 Å². The first kappa shape index (κ1) is 30.9. The van der Waals surface area contributed by atoms with Crippen LogP contribution in [0, 0.1) is 5.92 Å². The Morgan fingerprint density at radius 1 is 0.575 bits per heavy atom. The normalized spacial score (nSPS) is 24.6. The molecule has 1 aliphatic heterocycles. The van der Waals surface area contributed by atoms with E-state index >= 15 is 0 Å². The van der Waals surface area contributed by atoms with Crippen molar-refractivity contribution in [2.24, 2.45) is 5.92 Å². The summed E-state index contributed by atoms with van der Waals surface area (Å²) in [5.41, 5.74) is 6.53. The fourth-order valence-electron chi connectivity index (χ4n) is 7.03. The van der Waals surface area contributed by atoms with Crippen molar-refractivity contribution in [3.63, 3.8) is 0 Å². The van der Waals surface area contributed by atoms with E-state index in [1.165, 1.54) is 24.0 Å². The molecular weight excluding hydrogens is 490 g/mol. The van der Waals surface area contributed by atoms with Gasteiger partial charge in [0.2, 0.25) is 0 Å². The Labute approximate surface area is 245 Å². The van der Waals surface area contributed by atoms with Gasteiger partial charge in [0.25, 0.3) is 0 Å². The van der Waals surface area contributed by atoms with Gasteiger partial charge in [-0.2, -0.15) is 0 Å². The average Bonchev–Trinajstić information content (AvgIpc) is 2.80. The lowest BCUT2D eigenvalue weighted by atomic mass is 9.67. The monoisotopic (exact) mass is 547 g/mol. The highest BCUT2D eigenvalue weighted by atomic mass is 16.3. The fraction of sp³-hybridized carbons (Fsp3) is 0.676. The summed E-state index contributed by atoms with van der Waals surface area (Å²) in [4.78, 5) is 0. The molecule has 2 fully saturated rings. The molecule has 1 heterocycles. The highest BCUT2D eigenvalue weighted by Gasteiger charge is 2.42. The molecule has 0 spiro atoms. The second kappa shape index (κ2) is 10.4. The van der Waals surface area contributed by atoms with Crippen molar-refractivity contribution in [1.29, 1.82) is 0 Å². The van der Waals surface area contributed by atoms with Gasteiger partial charge in [-0.25, -0.2) is 0 Å². The van der Waals surface area contributed by atoms with Crippen LogP contribution < -0.4 is 5.32 Å². The van der Waals surface area contributed by atoms with Gasteiger partial charge in [0.1, 0.15) is 11.5 Å². The Hall–Kier alpha value is -2.00. The molecule has 1 aliphatic carbocycles. The largest absolute Gasteiger partial charge is 0.507 e. The summed E-state index contributed by atoms with van der Waals surface area (Å²) in [5.74, 6) is 1.78. The quantitative estimate of drug-likeness (QED) is 0.351. The van der Waals surface area contributed by atoms with Crippen LogP contribution in [0.25, 0.3) is 0 Å². The van der Waals surface area contributed by atoms with Gasteiger partial charge in [-0.3, -0.25) is 0 Å². The van der Waals surface area contributed by atoms with E-state index in [-0.39, 0.29) is 39.7 Å². The number of phenols is 2. The molecule has 4 unspecified atom stereocenters. The zero-order valence-corrected chi connectivity index (χ0v) is 27.5. The Balaban J connectivity index is 1.81. The maximum atomic E-state index is 11.8. The fourth-order valence-corrected chi connectivity index (χ4v) is 7.03. The average molecular weight is 548 g/mol. The minimum atomic E-state index is -0.146. The highest BCUT2D eigenvalue weighted by Crippen LogP contribution is 2.50. The van der Waals surface area contributed by atoms with Crippen LogP contribution in [-0.4, -0.2) is 16.3 Å². The molecule has 222 valence electrons. The third-order valence-electron chi connectivity index (χ3n) is 9.65. The molecule has 4 rings (SSSR count). The minimum absolute atomic E-state index is 0.00158. The van der Waals surface area contributed by atoms with Crippen molar-refractivity contribution >= 4 is 0 Å². The lowest BCUT2D eigenvalue weighted by Gasteiger charge is -2.46. The van der Waals surface area contributed by atoms with Gasteiger partial charge in [-0.05, 0) is 87.1 Å². The number of rotatable bonds is 2. The van der Waals surface area contributed by atoms with Crippen LogP contribution >= 0.6 is 0 Å². The van der Waals surface area contributed by atoms with Crippen molar-refractivity contribution in [3.05, 3.63) is 57.6 Å². The Kier molecular flexibility index (Phi) is 8.02. The molecule has 1 saturated carbocycles. The van der Waals surface area contributed by atoms with E-state index in [1.807, 2.05) is 0 Å². The summed E-state index contributed by atoms with van der Waals surface area (Å²) >= 11 is 0. The van der Waals surface area contributed by atoms with Crippen LogP contribution in [0.5, 0.6) is 11.5 Å². The van der Waals surface area contributed by atoms with E-state index in [1.54, 1.807) is 0 Å². The predicted octanol–water partition coefficient (Wildman–Crippen LogP) is 9.66. The molecule has 0 bridgehead atoms. The van der Waals surface area contributed by atoms with Gasteiger partial charge < -0.3 is 15.5 Å². The van der Waals surface area contributed by atoms with Gasteiger partial charge in [-0.15, -0.1) is 0 Å². The summed E-state index contributed by atoms with van der Waals surface area (Å²) in [6.07, 6.45) is 5.68.